The minimum atomic E-state index is -1.02. The molecule has 0 saturated carbocycles. The lowest BCUT2D eigenvalue weighted by Gasteiger charge is -2.21. The van der Waals surface area contributed by atoms with Crippen molar-refractivity contribution in [2.24, 2.45) is 7.05 Å². The quantitative estimate of drug-likeness (QED) is 0.347. The molecule has 0 aliphatic heterocycles. The number of para-hydroxylation sites is 2. The molecule has 5 aromatic rings. The van der Waals surface area contributed by atoms with Crippen LogP contribution in [0.25, 0.3) is 16.7 Å². The molecule has 0 aliphatic rings. The normalized spacial score (nSPS) is 12.0. The summed E-state index contributed by atoms with van der Waals surface area (Å²) in [7, 11) is 4.81. The SMILES string of the molecule is COc1ccc(OC)c([C@@H](c2c(O)c3ccccc3oc2=O)c2c(C)n(C)n(-c3ccccc3)c2=O)c1. The second-order valence-electron chi connectivity index (χ2n) is 8.66. The summed E-state index contributed by atoms with van der Waals surface area (Å²) in [6.07, 6.45) is 0. The Morgan fingerprint density at radius 1 is 0.892 bits per heavy atom. The molecule has 0 fully saturated rings. The van der Waals surface area contributed by atoms with Gasteiger partial charge in [-0.15, -0.1) is 0 Å². The molecule has 8 heteroatoms. The maximum atomic E-state index is 14.1. The van der Waals surface area contributed by atoms with E-state index in [-0.39, 0.29) is 22.5 Å². The first-order valence-electron chi connectivity index (χ1n) is 11.7. The number of hydrogen-bond donors (Lipinski definition) is 1. The molecule has 5 rings (SSSR count). The molecule has 0 amide bonds. The van der Waals surface area contributed by atoms with E-state index in [9.17, 15) is 14.7 Å². The number of methoxy groups -OCH3 is 2. The molecule has 188 valence electrons. The Bertz CT molecular complexity index is 1730. The van der Waals surface area contributed by atoms with Crippen LogP contribution < -0.4 is 20.7 Å². The van der Waals surface area contributed by atoms with Crippen molar-refractivity contribution in [3.63, 3.8) is 0 Å². The first-order valence-corrected chi connectivity index (χ1v) is 11.7. The zero-order chi connectivity index (χ0) is 26.3. The van der Waals surface area contributed by atoms with E-state index in [0.717, 1.165) is 0 Å². The van der Waals surface area contributed by atoms with E-state index in [1.807, 2.05) is 30.3 Å². The summed E-state index contributed by atoms with van der Waals surface area (Å²) < 4.78 is 20.0. The number of nitrogens with zero attached hydrogens (tertiary/aromatic N) is 2. The van der Waals surface area contributed by atoms with Crippen molar-refractivity contribution < 1.29 is 19.0 Å². The first kappa shape index (κ1) is 24.0. The Balaban J connectivity index is 1.92. The fourth-order valence-electron chi connectivity index (χ4n) is 4.84. The van der Waals surface area contributed by atoms with Crippen LogP contribution in [0.1, 0.15) is 28.3 Å². The molecule has 0 unspecified atom stereocenters. The Morgan fingerprint density at radius 3 is 2.30 bits per heavy atom. The molecule has 3 aromatic carbocycles. The topological polar surface area (TPSA) is 95.8 Å². The van der Waals surface area contributed by atoms with Crippen molar-refractivity contribution in [1.82, 2.24) is 9.36 Å². The molecule has 0 radical (unpaired) electrons. The summed E-state index contributed by atoms with van der Waals surface area (Å²) in [5, 5.41) is 11.8. The molecule has 2 aromatic heterocycles. The average Bonchev–Trinajstić information content (AvgIpc) is 3.14. The van der Waals surface area contributed by atoms with E-state index in [2.05, 4.69) is 0 Å². The molecule has 1 N–H and O–H groups in total. The van der Waals surface area contributed by atoms with Gasteiger partial charge >= 0.3 is 5.63 Å². The highest BCUT2D eigenvalue weighted by Crippen LogP contribution is 2.42. The Labute approximate surface area is 212 Å². The maximum Gasteiger partial charge on any atom is 0.344 e. The second kappa shape index (κ2) is 9.39. The van der Waals surface area contributed by atoms with Crippen LogP contribution in [0, 0.1) is 6.92 Å². The molecular weight excluding hydrogens is 472 g/mol. The van der Waals surface area contributed by atoms with E-state index in [0.29, 0.717) is 39.4 Å². The summed E-state index contributed by atoms with van der Waals surface area (Å²) >= 11 is 0. The second-order valence-corrected chi connectivity index (χ2v) is 8.66. The third-order valence-electron chi connectivity index (χ3n) is 6.74. The van der Waals surface area contributed by atoms with Gasteiger partial charge in [0.05, 0.1) is 42.3 Å². The van der Waals surface area contributed by atoms with Crippen molar-refractivity contribution >= 4 is 11.0 Å². The monoisotopic (exact) mass is 498 g/mol. The lowest BCUT2D eigenvalue weighted by atomic mass is 9.84. The van der Waals surface area contributed by atoms with Gasteiger partial charge in [-0.2, -0.15) is 0 Å². The molecule has 0 spiro atoms. The van der Waals surface area contributed by atoms with Crippen molar-refractivity contribution in [1.29, 1.82) is 0 Å². The lowest BCUT2D eigenvalue weighted by Crippen LogP contribution is -2.25. The zero-order valence-corrected chi connectivity index (χ0v) is 20.9. The predicted molar refractivity (Wildman–Crippen MR) is 140 cm³/mol. The molecule has 0 saturated heterocycles. The molecule has 2 heterocycles. The third kappa shape index (κ3) is 3.87. The Kier molecular flexibility index (Phi) is 6.09. The van der Waals surface area contributed by atoms with Crippen LogP contribution in [-0.4, -0.2) is 28.7 Å². The van der Waals surface area contributed by atoms with E-state index >= 15 is 0 Å². The first-order chi connectivity index (χ1) is 17.9. The fraction of sp³-hybridized carbons (Fsp3) is 0.172. The van der Waals surface area contributed by atoms with Gasteiger partial charge in [-0.05, 0) is 49.4 Å². The van der Waals surface area contributed by atoms with Crippen molar-refractivity contribution in [3.8, 4) is 22.9 Å². The molecule has 1 atom stereocenters. The van der Waals surface area contributed by atoms with Crippen molar-refractivity contribution in [2.45, 2.75) is 12.8 Å². The standard InChI is InChI=1S/C29H26N2O6/c1-17-24(28(33)31(30(17)2)18-10-6-5-7-11-18)25(21-16-19(35-3)14-15-22(21)36-4)26-27(32)20-12-8-9-13-23(20)37-29(26)34/h5-16,25,32H,1-4H3/t25-/m1/s1. The van der Waals surface area contributed by atoms with Crippen LogP contribution in [0.5, 0.6) is 17.2 Å². The van der Waals surface area contributed by atoms with Gasteiger partial charge in [0.25, 0.3) is 5.56 Å². The number of hydrogen-bond acceptors (Lipinski definition) is 6. The van der Waals surface area contributed by atoms with Gasteiger partial charge in [0.15, 0.2) is 0 Å². The number of fused-ring (bicyclic) bond motifs is 1. The average molecular weight is 499 g/mol. The van der Waals surface area contributed by atoms with E-state index in [4.69, 9.17) is 13.9 Å². The van der Waals surface area contributed by atoms with Crippen LogP contribution >= 0.6 is 0 Å². The van der Waals surface area contributed by atoms with E-state index in [1.165, 1.54) is 18.9 Å². The highest BCUT2D eigenvalue weighted by atomic mass is 16.5. The summed E-state index contributed by atoms with van der Waals surface area (Å²) in [4.78, 5) is 27.6. The Hall–Kier alpha value is -4.72. The third-order valence-corrected chi connectivity index (χ3v) is 6.74. The van der Waals surface area contributed by atoms with Crippen LogP contribution in [-0.2, 0) is 7.05 Å². The molecule has 0 bridgehead atoms. The number of ether oxygens (including phenoxy) is 2. The lowest BCUT2D eigenvalue weighted by molar-refractivity contribution is 0.397. The number of benzene rings is 3. The number of aromatic hydroxyl groups is 1. The van der Waals surface area contributed by atoms with Crippen LogP contribution in [0.4, 0.5) is 0 Å². The van der Waals surface area contributed by atoms with Crippen LogP contribution in [0.2, 0.25) is 0 Å². The molecular formula is C29H26N2O6. The van der Waals surface area contributed by atoms with Gasteiger partial charge in [0.2, 0.25) is 0 Å². The number of aromatic nitrogens is 2. The van der Waals surface area contributed by atoms with Crippen molar-refractivity contribution in [3.05, 3.63) is 116 Å². The highest BCUT2D eigenvalue weighted by Gasteiger charge is 2.34. The zero-order valence-electron chi connectivity index (χ0n) is 20.9. The minimum Gasteiger partial charge on any atom is -0.507 e. The summed E-state index contributed by atoms with van der Waals surface area (Å²) in [6.45, 7) is 1.80. The Morgan fingerprint density at radius 2 is 1.59 bits per heavy atom. The van der Waals surface area contributed by atoms with Gasteiger partial charge in [-0.25, -0.2) is 9.48 Å². The van der Waals surface area contributed by atoms with E-state index < -0.39 is 11.5 Å². The fourth-order valence-corrected chi connectivity index (χ4v) is 4.84. The minimum absolute atomic E-state index is 0.0590. The smallest absolute Gasteiger partial charge is 0.344 e. The van der Waals surface area contributed by atoms with E-state index in [1.54, 1.807) is 61.1 Å². The van der Waals surface area contributed by atoms with Gasteiger partial charge in [-0.3, -0.25) is 9.48 Å². The van der Waals surface area contributed by atoms with Crippen LogP contribution in [0.15, 0.2) is 86.8 Å². The van der Waals surface area contributed by atoms with Gasteiger partial charge in [0.1, 0.15) is 22.8 Å². The van der Waals surface area contributed by atoms with Crippen molar-refractivity contribution in [2.75, 3.05) is 14.2 Å². The summed E-state index contributed by atoms with van der Waals surface area (Å²) in [6, 6.07) is 21.1. The van der Waals surface area contributed by atoms with Crippen LogP contribution in [0.3, 0.4) is 0 Å². The predicted octanol–water partition coefficient (Wildman–Crippen LogP) is 4.49. The van der Waals surface area contributed by atoms with Gasteiger partial charge in [0, 0.05) is 18.3 Å². The summed E-state index contributed by atoms with van der Waals surface area (Å²) in [5.74, 6) is -0.348. The largest absolute Gasteiger partial charge is 0.507 e. The molecule has 37 heavy (non-hydrogen) atoms. The maximum absolute atomic E-state index is 14.1. The van der Waals surface area contributed by atoms with Gasteiger partial charge in [-0.1, -0.05) is 30.3 Å². The van der Waals surface area contributed by atoms with Gasteiger partial charge < -0.3 is 19.0 Å². The molecule has 0 aliphatic carbocycles. The highest BCUT2D eigenvalue weighted by molar-refractivity contribution is 5.84. The summed E-state index contributed by atoms with van der Waals surface area (Å²) in [5.41, 5.74) is 1.15. The molecule has 8 nitrogen and oxygen atoms in total. The number of rotatable bonds is 6.